The Bertz CT molecular complexity index is 436. The van der Waals surface area contributed by atoms with Crippen LogP contribution in [0.25, 0.3) is 0 Å². The topological polar surface area (TPSA) is 68.3 Å². The number of esters is 1. The molecule has 0 fully saturated rings. The first-order valence-corrected chi connectivity index (χ1v) is 5.25. The molecule has 0 aliphatic carbocycles. The summed E-state index contributed by atoms with van der Waals surface area (Å²) in [6.07, 6.45) is 1.50. The van der Waals surface area contributed by atoms with E-state index in [1.807, 2.05) is 0 Å². The summed E-state index contributed by atoms with van der Waals surface area (Å²) in [7, 11) is 0. The highest BCUT2D eigenvalue weighted by molar-refractivity contribution is 5.99. The lowest BCUT2D eigenvalue weighted by Gasteiger charge is -2.20. The largest absolute Gasteiger partial charge is 0.456 e. The van der Waals surface area contributed by atoms with Crippen LogP contribution in [0.1, 0.15) is 38.1 Å². The minimum atomic E-state index is -0.583. The highest BCUT2D eigenvalue weighted by atomic mass is 16.6. The van der Waals surface area contributed by atoms with Gasteiger partial charge in [0.05, 0.1) is 0 Å². The van der Waals surface area contributed by atoms with E-state index in [4.69, 9.17) is 4.74 Å². The molecule has 17 heavy (non-hydrogen) atoms. The second-order valence-corrected chi connectivity index (χ2v) is 4.58. The lowest BCUT2D eigenvalue weighted by Crippen LogP contribution is -2.25. The summed E-state index contributed by atoms with van der Waals surface area (Å²) in [5.74, 6) is -0.572. The first kappa shape index (κ1) is 13.2. The second kappa shape index (κ2) is 4.95. The van der Waals surface area contributed by atoms with Gasteiger partial charge in [-0.15, -0.1) is 0 Å². The van der Waals surface area contributed by atoms with Crippen molar-refractivity contribution in [1.29, 1.82) is 0 Å². The van der Waals surface area contributed by atoms with E-state index < -0.39 is 11.6 Å². The number of pyridine rings is 1. The molecule has 0 aliphatic heterocycles. The lowest BCUT2D eigenvalue weighted by molar-refractivity contribution is -0.114. The highest BCUT2D eigenvalue weighted by Gasteiger charge is 2.21. The fourth-order valence-electron chi connectivity index (χ4n) is 1.17. The molecular weight excluding hydrogens is 220 g/mol. The monoisotopic (exact) mass is 236 g/mol. The van der Waals surface area contributed by atoms with E-state index in [9.17, 15) is 9.59 Å². The lowest BCUT2D eigenvalue weighted by atomic mass is 10.2. The molecule has 92 valence electrons. The summed E-state index contributed by atoms with van der Waals surface area (Å²) in [5, 5.41) is 2.49. The maximum Gasteiger partial charge on any atom is 0.342 e. The summed E-state index contributed by atoms with van der Waals surface area (Å²) in [6, 6.07) is 3.18. The van der Waals surface area contributed by atoms with Crippen LogP contribution < -0.4 is 5.32 Å². The Labute approximate surface area is 100 Å². The summed E-state index contributed by atoms with van der Waals surface area (Å²) in [5.41, 5.74) is -0.335. The normalized spacial score (nSPS) is 10.8. The molecule has 1 N–H and O–H groups in total. The van der Waals surface area contributed by atoms with Crippen molar-refractivity contribution in [2.75, 3.05) is 5.32 Å². The number of amides is 1. The summed E-state index contributed by atoms with van der Waals surface area (Å²) >= 11 is 0. The third-order valence-electron chi connectivity index (χ3n) is 1.72. The molecule has 0 bridgehead atoms. The van der Waals surface area contributed by atoms with E-state index in [1.165, 1.54) is 13.1 Å². The Kier molecular flexibility index (Phi) is 3.83. The summed E-state index contributed by atoms with van der Waals surface area (Å²) in [6.45, 7) is 6.69. The van der Waals surface area contributed by atoms with Crippen molar-refractivity contribution in [2.24, 2.45) is 0 Å². The predicted octanol–water partition coefficient (Wildman–Crippen LogP) is 2.00. The number of aromatic nitrogens is 1. The van der Waals surface area contributed by atoms with E-state index >= 15 is 0 Å². The maximum absolute atomic E-state index is 11.8. The van der Waals surface area contributed by atoms with Gasteiger partial charge in [0, 0.05) is 13.1 Å². The van der Waals surface area contributed by atoms with Crippen molar-refractivity contribution in [3.05, 3.63) is 23.9 Å². The van der Waals surface area contributed by atoms with Gasteiger partial charge in [0.1, 0.15) is 17.0 Å². The van der Waals surface area contributed by atoms with Crippen molar-refractivity contribution in [3.8, 4) is 0 Å². The fourth-order valence-corrected chi connectivity index (χ4v) is 1.17. The van der Waals surface area contributed by atoms with Crippen molar-refractivity contribution in [2.45, 2.75) is 33.3 Å². The number of hydrogen-bond acceptors (Lipinski definition) is 4. The predicted molar refractivity (Wildman–Crippen MR) is 63.7 cm³/mol. The van der Waals surface area contributed by atoms with Gasteiger partial charge in [-0.3, -0.25) is 4.79 Å². The molecule has 1 heterocycles. The maximum atomic E-state index is 11.8. The number of anilines is 1. The van der Waals surface area contributed by atoms with E-state index in [-0.39, 0.29) is 17.3 Å². The zero-order chi connectivity index (χ0) is 13.1. The van der Waals surface area contributed by atoms with Crippen LogP contribution in [0, 0.1) is 0 Å². The van der Waals surface area contributed by atoms with E-state index in [1.54, 1.807) is 32.9 Å². The number of rotatable bonds is 2. The Morgan fingerprint density at radius 2 is 2.00 bits per heavy atom. The third-order valence-corrected chi connectivity index (χ3v) is 1.72. The first-order chi connectivity index (χ1) is 7.79. The first-order valence-electron chi connectivity index (χ1n) is 5.25. The number of nitrogens with one attached hydrogen (secondary N) is 1. The molecule has 0 aliphatic rings. The molecule has 0 radical (unpaired) electrons. The summed E-state index contributed by atoms with van der Waals surface area (Å²) < 4.78 is 5.22. The van der Waals surface area contributed by atoms with Crippen LogP contribution in [0.4, 0.5) is 5.82 Å². The van der Waals surface area contributed by atoms with Gasteiger partial charge in [0.2, 0.25) is 5.91 Å². The molecule has 1 rings (SSSR count). The molecule has 0 unspecified atom stereocenters. The van der Waals surface area contributed by atoms with Gasteiger partial charge in [0.15, 0.2) is 0 Å². The smallest absolute Gasteiger partial charge is 0.342 e. The molecule has 0 atom stereocenters. The number of nitrogens with zero attached hydrogens (tertiary/aromatic N) is 1. The Balaban J connectivity index is 2.97. The number of hydrogen-bond donors (Lipinski definition) is 1. The van der Waals surface area contributed by atoms with E-state index in [2.05, 4.69) is 10.3 Å². The standard InChI is InChI=1S/C12H16N2O3/c1-8(15)14-10-9(6-5-7-13-10)11(16)17-12(2,3)4/h5-7H,1-4H3,(H,13,14,15). The molecule has 5 heteroatoms. The zero-order valence-corrected chi connectivity index (χ0v) is 10.4. The second-order valence-electron chi connectivity index (χ2n) is 4.58. The van der Waals surface area contributed by atoms with Crippen LogP contribution in [0.5, 0.6) is 0 Å². The number of ether oxygens (including phenoxy) is 1. The van der Waals surface area contributed by atoms with Crippen molar-refractivity contribution in [1.82, 2.24) is 4.98 Å². The zero-order valence-electron chi connectivity index (χ0n) is 10.4. The van der Waals surface area contributed by atoms with Crippen LogP contribution in [0.15, 0.2) is 18.3 Å². The van der Waals surface area contributed by atoms with Gasteiger partial charge in [-0.05, 0) is 32.9 Å². The number of carbonyl (C=O) groups is 2. The molecule has 0 saturated carbocycles. The van der Waals surface area contributed by atoms with Crippen LogP contribution in [-0.4, -0.2) is 22.5 Å². The molecular formula is C12H16N2O3. The van der Waals surface area contributed by atoms with Gasteiger partial charge in [-0.25, -0.2) is 9.78 Å². The van der Waals surface area contributed by atoms with Crippen molar-refractivity contribution >= 4 is 17.7 Å². The van der Waals surface area contributed by atoms with Gasteiger partial charge in [0.25, 0.3) is 0 Å². The average molecular weight is 236 g/mol. The average Bonchev–Trinajstić information content (AvgIpc) is 2.14. The Hall–Kier alpha value is -1.91. The third kappa shape index (κ3) is 4.22. The molecule has 0 saturated heterocycles. The van der Waals surface area contributed by atoms with Crippen LogP contribution in [-0.2, 0) is 9.53 Å². The van der Waals surface area contributed by atoms with Crippen LogP contribution >= 0.6 is 0 Å². The number of carbonyl (C=O) groups excluding carboxylic acids is 2. The molecule has 0 aromatic carbocycles. The van der Waals surface area contributed by atoms with E-state index in [0.717, 1.165) is 0 Å². The van der Waals surface area contributed by atoms with Crippen molar-refractivity contribution in [3.63, 3.8) is 0 Å². The Morgan fingerprint density at radius 1 is 1.35 bits per heavy atom. The quantitative estimate of drug-likeness (QED) is 0.797. The van der Waals surface area contributed by atoms with Gasteiger partial charge in [-0.2, -0.15) is 0 Å². The van der Waals surface area contributed by atoms with Gasteiger partial charge < -0.3 is 10.1 Å². The van der Waals surface area contributed by atoms with Crippen LogP contribution in [0.3, 0.4) is 0 Å². The molecule has 1 aromatic heterocycles. The molecule has 1 aromatic rings. The molecule has 5 nitrogen and oxygen atoms in total. The molecule has 1 amide bonds. The van der Waals surface area contributed by atoms with Crippen molar-refractivity contribution < 1.29 is 14.3 Å². The van der Waals surface area contributed by atoms with E-state index in [0.29, 0.717) is 0 Å². The van der Waals surface area contributed by atoms with Crippen LogP contribution in [0.2, 0.25) is 0 Å². The minimum Gasteiger partial charge on any atom is -0.456 e. The Morgan fingerprint density at radius 3 is 2.53 bits per heavy atom. The highest BCUT2D eigenvalue weighted by Crippen LogP contribution is 2.17. The molecule has 0 spiro atoms. The minimum absolute atomic E-state index is 0.217. The van der Waals surface area contributed by atoms with Gasteiger partial charge >= 0.3 is 5.97 Å². The fraction of sp³-hybridized carbons (Fsp3) is 0.417. The summed E-state index contributed by atoms with van der Waals surface area (Å²) in [4.78, 5) is 26.8. The van der Waals surface area contributed by atoms with Gasteiger partial charge in [-0.1, -0.05) is 0 Å². The SMILES string of the molecule is CC(=O)Nc1ncccc1C(=O)OC(C)(C)C.